The Morgan fingerprint density at radius 1 is 1.15 bits per heavy atom. The Morgan fingerprint density at radius 3 is 2.39 bits per heavy atom. The van der Waals surface area contributed by atoms with Gasteiger partial charge in [0, 0.05) is 23.5 Å². The molecule has 0 spiro atoms. The average Bonchev–Trinajstić information content (AvgIpc) is 3.54. The minimum atomic E-state index is -4.00. The van der Waals surface area contributed by atoms with Gasteiger partial charge in [-0.05, 0) is 82.7 Å². The molecule has 5 rings (SSSR count). The van der Waals surface area contributed by atoms with Crippen LogP contribution in [0.15, 0.2) is 52.4 Å². The number of carbonyl (C=O) groups excluding carboxylic acids is 1. The molecule has 2 fully saturated rings. The summed E-state index contributed by atoms with van der Waals surface area (Å²) in [6, 6.07) is 9.27. The smallest absolute Gasteiger partial charge is 0.410 e. The largest absolute Gasteiger partial charge is 0.497 e. The number of pyridine rings is 1. The number of benzene rings is 1. The van der Waals surface area contributed by atoms with E-state index in [0.717, 1.165) is 42.5 Å². The van der Waals surface area contributed by atoms with Gasteiger partial charge in [-0.3, -0.25) is 0 Å². The van der Waals surface area contributed by atoms with Crippen molar-refractivity contribution in [3.63, 3.8) is 0 Å². The van der Waals surface area contributed by atoms with Crippen molar-refractivity contribution in [3.05, 3.63) is 58.5 Å². The number of carbonyl (C=O) groups is 1. The Kier molecular flexibility index (Phi) is 8.15. The van der Waals surface area contributed by atoms with Crippen molar-refractivity contribution in [2.24, 2.45) is 0 Å². The predicted octanol–water partition coefficient (Wildman–Crippen LogP) is 5.59. The van der Waals surface area contributed by atoms with E-state index in [2.05, 4.69) is 15.3 Å². The number of rotatable bonds is 8. The zero-order valence-electron chi connectivity index (χ0n) is 24.0. The van der Waals surface area contributed by atoms with Crippen LogP contribution in [0.1, 0.15) is 57.6 Å². The van der Waals surface area contributed by atoms with Gasteiger partial charge >= 0.3 is 6.09 Å². The lowest BCUT2D eigenvalue weighted by molar-refractivity contribution is 0.00682. The van der Waals surface area contributed by atoms with Crippen LogP contribution in [0.2, 0.25) is 0 Å². The Morgan fingerprint density at radius 2 is 1.83 bits per heavy atom. The number of methoxy groups -OCH3 is 1. The first-order chi connectivity index (χ1) is 19.4. The molecule has 3 atom stereocenters. The Bertz CT molecular complexity index is 1460. The fourth-order valence-electron chi connectivity index (χ4n) is 5.58. The van der Waals surface area contributed by atoms with Crippen molar-refractivity contribution in [1.29, 1.82) is 0 Å². The minimum Gasteiger partial charge on any atom is -0.497 e. The third-order valence-corrected chi connectivity index (χ3v) is 9.72. The van der Waals surface area contributed by atoms with Crippen LogP contribution in [0, 0.1) is 6.92 Å². The van der Waals surface area contributed by atoms with Gasteiger partial charge < -0.3 is 19.7 Å². The highest BCUT2D eigenvalue weighted by atomic mass is 32.2. The van der Waals surface area contributed by atoms with Crippen LogP contribution in [-0.4, -0.2) is 60.2 Å². The van der Waals surface area contributed by atoms with E-state index in [9.17, 15) is 13.2 Å². The van der Waals surface area contributed by atoms with Gasteiger partial charge in [-0.1, -0.05) is 12.1 Å². The summed E-state index contributed by atoms with van der Waals surface area (Å²) in [5, 5.41) is 5.24. The molecule has 0 saturated carbocycles. The highest BCUT2D eigenvalue weighted by Crippen LogP contribution is 2.38. The van der Waals surface area contributed by atoms with Crippen molar-refractivity contribution in [3.8, 4) is 5.75 Å². The molecule has 0 aliphatic carbocycles. The molecule has 2 saturated heterocycles. The Hall–Kier alpha value is -3.38. The van der Waals surface area contributed by atoms with Crippen molar-refractivity contribution >= 4 is 39.0 Å². The number of hydrogen-bond acceptors (Lipinski definition) is 9. The van der Waals surface area contributed by atoms with Gasteiger partial charge in [-0.25, -0.2) is 19.1 Å². The van der Waals surface area contributed by atoms with Gasteiger partial charge in [-0.15, -0.1) is 11.3 Å². The lowest BCUT2D eigenvalue weighted by atomic mass is 9.97. The predicted molar refractivity (Wildman–Crippen MR) is 159 cm³/mol. The molecule has 4 heterocycles. The molecule has 2 aliphatic rings. The third-order valence-electron chi connectivity index (χ3n) is 7.50. The molecule has 1 unspecified atom stereocenters. The summed E-state index contributed by atoms with van der Waals surface area (Å²) in [5.74, 6) is 1.04. The maximum absolute atomic E-state index is 13.8. The average molecular weight is 600 g/mol. The molecule has 10 nitrogen and oxygen atoms in total. The maximum Gasteiger partial charge on any atom is 0.410 e. The molecule has 2 aliphatic heterocycles. The van der Waals surface area contributed by atoms with E-state index in [1.54, 1.807) is 42.4 Å². The molecular weight excluding hydrogens is 562 g/mol. The van der Waals surface area contributed by atoms with Crippen molar-refractivity contribution in [1.82, 2.24) is 14.9 Å². The number of sulfonamides is 1. The molecule has 1 amide bonds. The molecule has 41 heavy (non-hydrogen) atoms. The highest BCUT2D eigenvalue weighted by Gasteiger charge is 2.45. The summed E-state index contributed by atoms with van der Waals surface area (Å²) >= 11 is 1.33. The number of aryl methyl sites for hydroxylation is 1. The topological polar surface area (TPSA) is 114 Å². The number of aromatic nitrogens is 2. The minimum absolute atomic E-state index is 0.0399. The lowest BCUT2D eigenvalue weighted by Crippen LogP contribution is -2.51. The number of anilines is 2. The van der Waals surface area contributed by atoms with Crippen LogP contribution >= 0.6 is 11.3 Å². The van der Waals surface area contributed by atoms with Crippen LogP contribution in [0.25, 0.3) is 0 Å². The molecular formula is C29H37N5O5S2. The molecule has 2 bridgehead atoms. The SMILES string of the molecule is COc1ccc(CN(c2cscn2)S(=O)(=O)c2cc(C)c(NC3C[C@H]4CC[C@@H](C3)N4C(=O)OC(C)(C)C)cn2)cc1. The van der Waals surface area contributed by atoms with E-state index in [0.29, 0.717) is 11.6 Å². The quantitative estimate of drug-likeness (QED) is 0.356. The van der Waals surface area contributed by atoms with Gasteiger partial charge in [0.05, 0.1) is 31.0 Å². The van der Waals surface area contributed by atoms with E-state index < -0.39 is 15.6 Å². The van der Waals surface area contributed by atoms with Crippen LogP contribution in [0.5, 0.6) is 5.75 Å². The van der Waals surface area contributed by atoms with E-state index in [1.807, 2.05) is 44.7 Å². The summed E-state index contributed by atoms with van der Waals surface area (Å²) in [6.45, 7) is 7.64. The summed E-state index contributed by atoms with van der Waals surface area (Å²) in [6.07, 6.45) is 4.87. The first-order valence-electron chi connectivity index (χ1n) is 13.7. The van der Waals surface area contributed by atoms with Gasteiger partial charge in [-0.2, -0.15) is 8.42 Å². The van der Waals surface area contributed by atoms with E-state index in [-0.39, 0.29) is 35.8 Å². The van der Waals surface area contributed by atoms with Crippen LogP contribution in [0.3, 0.4) is 0 Å². The van der Waals surface area contributed by atoms with Gasteiger partial charge in [0.2, 0.25) is 0 Å². The van der Waals surface area contributed by atoms with Gasteiger partial charge in [0.1, 0.15) is 11.4 Å². The number of thiazole rings is 1. The Labute approximate surface area is 245 Å². The van der Waals surface area contributed by atoms with Crippen molar-refractivity contribution in [2.45, 2.75) is 88.7 Å². The number of nitrogens with one attached hydrogen (secondary N) is 1. The van der Waals surface area contributed by atoms with Crippen LogP contribution in [-0.2, 0) is 21.3 Å². The molecule has 2 aromatic heterocycles. The molecule has 3 aromatic rings. The standard InChI is InChI=1S/C29H37N5O5S2/c1-19-12-27(41(36,37)33(26-17-40-18-31-26)16-20-6-10-24(38-5)11-7-20)30-15-25(19)32-21-13-22-8-9-23(14-21)34(22)28(35)39-29(2,3)4/h6-7,10-12,15,17-18,21-23,32H,8-9,13-14,16H2,1-5H3/t21?,22-,23+. The number of amides is 1. The molecule has 12 heteroatoms. The van der Waals surface area contributed by atoms with Crippen LogP contribution < -0.4 is 14.4 Å². The number of fused-ring (bicyclic) bond motifs is 2. The summed E-state index contributed by atoms with van der Waals surface area (Å²) in [5.41, 5.74) is 3.45. The molecule has 0 radical (unpaired) electrons. The second-order valence-electron chi connectivity index (χ2n) is 11.6. The fourth-order valence-corrected chi connectivity index (χ4v) is 7.59. The number of nitrogens with zero attached hydrogens (tertiary/aromatic N) is 4. The number of hydrogen-bond donors (Lipinski definition) is 1. The third kappa shape index (κ3) is 6.43. The summed E-state index contributed by atoms with van der Waals surface area (Å²) in [4.78, 5) is 23.4. The maximum atomic E-state index is 13.8. The zero-order valence-corrected chi connectivity index (χ0v) is 25.7. The first-order valence-corrected chi connectivity index (χ1v) is 16.1. The van der Waals surface area contributed by atoms with E-state index in [1.165, 1.54) is 15.6 Å². The molecule has 220 valence electrons. The van der Waals surface area contributed by atoms with Gasteiger partial charge in [0.15, 0.2) is 10.8 Å². The van der Waals surface area contributed by atoms with Crippen molar-refractivity contribution in [2.75, 3.05) is 16.7 Å². The molecule has 1 N–H and O–H groups in total. The number of piperidine rings is 1. The van der Waals surface area contributed by atoms with E-state index >= 15 is 0 Å². The fraction of sp³-hybridized carbons (Fsp3) is 0.483. The zero-order chi connectivity index (χ0) is 29.4. The lowest BCUT2D eigenvalue weighted by Gasteiger charge is -2.40. The Balaban J connectivity index is 1.31. The normalized spacial score (nSPS) is 20.5. The summed E-state index contributed by atoms with van der Waals surface area (Å²) < 4.78 is 39.8. The monoisotopic (exact) mass is 599 g/mol. The van der Waals surface area contributed by atoms with Crippen LogP contribution in [0.4, 0.5) is 16.3 Å². The second kappa shape index (κ2) is 11.5. The molecule has 1 aromatic carbocycles. The van der Waals surface area contributed by atoms with Crippen molar-refractivity contribution < 1.29 is 22.7 Å². The van der Waals surface area contributed by atoms with E-state index in [4.69, 9.17) is 9.47 Å². The van der Waals surface area contributed by atoms with Gasteiger partial charge in [0.25, 0.3) is 10.0 Å². The first kappa shape index (κ1) is 29.1. The number of ether oxygens (including phenoxy) is 2. The summed E-state index contributed by atoms with van der Waals surface area (Å²) in [7, 11) is -2.41. The highest BCUT2D eigenvalue weighted by molar-refractivity contribution is 7.92. The second-order valence-corrected chi connectivity index (χ2v) is 14.2.